The highest BCUT2D eigenvalue weighted by molar-refractivity contribution is 5.75. The van der Waals surface area contributed by atoms with Crippen LogP contribution in [0.25, 0.3) is 0 Å². The van der Waals surface area contributed by atoms with Crippen molar-refractivity contribution in [1.29, 1.82) is 0 Å². The van der Waals surface area contributed by atoms with Gasteiger partial charge in [-0.15, -0.1) is 0 Å². The van der Waals surface area contributed by atoms with Gasteiger partial charge in [-0.1, -0.05) is 60.7 Å². The molecule has 2 heterocycles. The van der Waals surface area contributed by atoms with Crippen molar-refractivity contribution in [1.82, 2.24) is 9.97 Å². The third-order valence-corrected chi connectivity index (χ3v) is 5.07. The minimum atomic E-state index is -0.0289. The number of aromatic nitrogens is 2. The number of nitrogens with two attached hydrogens (primary N) is 1. The summed E-state index contributed by atoms with van der Waals surface area (Å²) in [7, 11) is 0. The molecule has 0 spiro atoms. The highest BCUT2D eigenvalue weighted by Gasteiger charge is 2.20. The van der Waals surface area contributed by atoms with Gasteiger partial charge in [0.05, 0.1) is 6.04 Å². The Morgan fingerprint density at radius 2 is 1.41 bits per heavy atom. The molecule has 1 saturated heterocycles. The quantitative estimate of drug-likeness (QED) is 0.713. The van der Waals surface area contributed by atoms with Gasteiger partial charge >= 0.3 is 0 Å². The van der Waals surface area contributed by atoms with Gasteiger partial charge in [0.25, 0.3) is 0 Å². The Morgan fingerprint density at radius 1 is 0.815 bits per heavy atom. The maximum absolute atomic E-state index is 6.49. The maximum Gasteiger partial charge on any atom is 0.157 e. The van der Waals surface area contributed by atoms with Crippen LogP contribution in [0.4, 0.5) is 17.3 Å². The molecule has 3 aromatic rings. The Labute approximate surface area is 160 Å². The fourth-order valence-corrected chi connectivity index (χ4v) is 3.65. The van der Waals surface area contributed by atoms with Crippen LogP contribution in [0, 0.1) is 0 Å². The highest BCUT2D eigenvalue weighted by atomic mass is 15.2. The van der Waals surface area contributed by atoms with E-state index >= 15 is 0 Å². The Morgan fingerprint density at radius 3 is 2.00 bits per heavy atom. The first-order chi connectivity index (χ1) is 13.3. The van der Waals surface area contributed by atoms with Gasteiger partial charge < -0.3 is 16.0 Å². The van der Waals surface area contributed by atoms with Gasteiger partial charge in [-0.25, -0.2) is 9.97 Å². The molecular formula is C22H25N5. The van der Waals surface area contributed by atoms with Crippen molar-refractivity contribution in [3.8, 4) is 0 Å². The second kappa shape index (κ2) is 8.08. The summed E-state index contributed by atoms with van der Waals surface area (Å²) in [5.41, 5.74) is 9.45. The van der Waals surface area contributed by atoms with Gasteiger partial charge in [-0.05, 0) is 30.4 Å². The van der Waals surface area contributed by atoms with Crippen molar-refractivity contribution in [2.24, 2.45) is 0 Å². The van der Waals surface area contributed by atoms with Crippen LogP contribution in [0.1, 0.15) is 36.4 Å². The van der Waals surface area contributed by atoms with Crippen molar-refractivity contribution in [3.05, 3.63) is 78.1 Å². The Kier molecular flexibility index (Phi) is 5.19. The van der Waals surface area contributed by atoms with Gasteiger partial charge in [0.15, 0.2) is 11.6 Å². The molecule has 0 saturated carbocycles. The average molecular weight is 359 g/mol. The molecule has 3 N–H and O–H groups in total. The van der Waals surface area contributed by atoms with Crippen LogP contribution in [0.5, 0.6) is 0 Å². The van der Waals surface area contributed by atoms with Crippen molar-refractivity contribution in [3.63, 3.8) is 0 Å². The lowest BCUT2D eigenvalue weighted by molar-refractivity contribution is 0.573. The fraction of sp³-hybridized carbons (Fsp3) is 0.273. The molecule has 0 bridgehead atoms. The molecule has 0 unspecified atom stereocenters. The van der Waals surface area contributed by atoms with Gasteiger partial charge in [0.1, 0.15) is 12.0 Å². The van der Waals surface area contributed by atoms with E-state index in [1.54, 1.807) is 6.33 Å². The van der Waals surface area contributed by atoms with Gasteiger partial charge in [-0.3, -0.25) is 0 Å². The standard InChI is InChI=1S/C22H25N5/c23-19-21(24-16-25-22(19)27-14-8-3-9-15-27)26-20(17-10-4-1-5-11-17)18-12-6-2-7-13-18/h1-2,4-7,10-13,16,20H,3,8-9,14-15,23H2,(H,24,25,26). The summed E-state index contributed by atoms with van der Waals surface area (Å²) in [6.07, 6.45) is 5.25. The minimum absolute atomic E-state index is 0.0289. The number of nitrogen functional groups attached to an aromatic ring is 1. The molecule has 0 atom stereocenters. The molecule has 0 radical (unpaired) electrons. The van der Waals surface area contributed by atoms with Crippen molar-refractivity contribution < 1.29 is 0 Å². The SMILES string of the molecule is Nc1c(NC(c2ccccc2)c2ccccc2)ncnc1N1CCCCC1. The second-order valence-corrected chi connectivity index (χ2v) is 6.91. The van der Waals surface area contributed by atoms with Gasteiger partial charge in [0, 0.05) is 13.1 Å². The third kappa shape index (κ3) is 3.87. The lowest BCUT2D eigenvalue weighted by Gasteiger charge is -2.29. The topological polar surface area (TPSA) is 67.1 Å². The molecular weight excluding hydrogens is 334 g/mol. The predicted molar refractivity (Wildman–Crippen MR) is 111 cm³/mol. The first-order valence-electron chi connectivity index (χ1n) is 9.55. The minimum Gasteiger partial charge on any atom is -0.393 e. The van der Waals surface area contributed by atoms with Crippen LogP contribution < -0.4 is 16.0 Å². The zero-order chi connectivity index (χ0) is 18.5. The molecule has 138 valence electrons. The van der Waals surface area contributed by atoms with E-state index in [1.807, 2.05) is 12.1 Å². The van der Waals surface area contributed by atoms with E-state index in [2.05, 4.69) is 68.7 Å². The largest absolute Gasteiger partial charge is 0.393 e. The average Bonchev–Trinajstić information content (AvgIpc) is 2.75. The van der Waals surface area contributed by atoms with Crippen LogP contribution >= 0.6 is 0 Å². The van der Waals surface area contributed by atoms with Crippen LogP contribution in [0.15, 0.2) is 67.0 Å². The maximum atomic E-state index is 6.49. The highest BCUT2D eigenvalue weighted by Crippen LogP contribution is 2.32. The third-order valence-electron chi connectivity index (χ3n) is 5.07. The molecule has 1 aromatic heterocycles. The lowest BCUT2D eigenvalue weighted by atomic mass is 9.98. The molecule has 5 nitrogen and oxygen atoms in total. The Hall–Kier alpha value is -3.08. The summed E-state index contributed by atoms with van der Waals surface area (Å²) >= 11 is 0. The molecule has 1 fully saturated rings. The molecule has 4 rings (SSSR count). The number of hydrogen-bond acceptors (Lipinski definition) is 5. The summed E-state index contributed by atoms with van der Waals surface area (Å²) in [5.74, 6) is 1.52. The normalized spacial score (nSPS) is 14.3. The zero-order valence-electron chi connectivity index (χ0n) is 15.4. The van der Waals surface area contributed by atoms with E-state index in [9.17, 15) is 0 Å². The molecule has 1 aliphatic rings. The Balaban J connectivity index is 1.67. The van der Waals surface area contributed by atoms with E-state index < -0.39 is 0 Å². The summed E-state index contributed by atoms with van der Waals surface area (Å²) in [6, 6.07) is 20.7. The summed E-state index contributed by atoms with van der Waals surface area (Å²) in [6.45, 7) is 2.00. The fourth-order valence-electron chi connectivity index (χ4n) is 3.65. The van der Waals surface area contributed by atoms with Crippen molar-refractivity contribution >= 4 is 17.3 Å². The summed E-state index contributed by atoms with van der Waals surface area (Å²) in [5, 5.41) is 3.56. The molecule has 2 aromatic carbocycles. The first kappa shape index (κ1) is 17.3. The monoisotopic (exact) mass is 359 g/mol. The van der Waals surface area contributed by atoms with E-state index in [-0.39, 0.29) is 6.04 Å². The molecule has 27 heavy (non-hydrogen) atoms. The van der Waals surface area contributed by atoms with Gasteiger partial charge in [0.2, 0.25) is 0 Å². The van der Waals surface area contributed by atoms with E-state index in [1.165, 1.54) is 30.4 Å². The number of piperidine rings is 1. The van der Waals surface area contributed by atoms with Crippen molar-refractivity contribution in [2.45, 2.75) is 25.3 Å². The smallest absolute Gasteiger partial charge is 0.157 e. The molecule has 5 heteroatoms. The summed E-state index contributed by atoms with van der Waals surface area (Å²) < 4.78 is 0. The van der Waals surface area contributed by atoms with Crippen LogP contribution in [-0.4, -0.2) is 23.1 Å². The van der Waals surface area contributed by atoms with E-state index in [0.717, 1.165) is 18.9 Å². The predicted octanol–water partition coefficient (Wildman–Crippen LogP) is 4.25. The second-order valence-electron chi connectivity index (χ2n) is 6.91. The number of rotatable bonds is 5. The lowest BCUT2D eigenvalue weighted by Crippen LogP contribution is -2.31. The summed E-state index contributed by atoms with van der Waals surface area (Å²) in [4.78, 5) is 11.2. The molecule has 0 amide bonds. The number of anilines is 3. The number of nitrogens with one attached hydrogen (secondary N) is 1. The van der Waals surface area contributed by atoms with Crippen LogP contribution in [0.2, 0.25) is 0 Å². The molecule has 1 aliphatic heterocycles. The zero-order valence-corrected chi connectivity index (χ0v) is 15.4. The molecule has 0 aliphatic carbocycles. The van der Waals surface area contributed by atoms with Crippen LogP contribution in [-0.2, 0) is 0 Å². The van der Waals surface area contributed by atoms with E-state index in [0.29, 0.717) is 11.5 Å². The van der Waals surface area contributed by atoms with Crippen molar-refractivity contribution in [2.75, 3.05) is 29.0 Å². The number of benzene rings is 2. The van der Waals surface area contributed by atoms with Gasteiger partial charge in [-0.2, -0.15) is 0 Å². The first-order valence-corrected chi connectivity index (χ1v) is 9.55. The van der Waals surface area contributed by atoms with Crippen LogP contribution in [0.3, 0.4) is 0 Å². The number of nitrogens with zero attached hydrogens (tertiary/aromatic N) is 3. The Bertz CT molecular complexity index is 821. The number of hydrogen-bond donors (Lipinski definition) is 2. The van der Waals surface area contributed by atoms with E-state index in [4.69, 9.17) is 5.73 Å².